The fourth-order valence-corrected chi connectivity index (χ4v) is 2.10. The van der Waals surface area contributed by atoms with Crippen LogP contribution < -0.4 is 5.32 Å². The van der Waals surface area contributed by atoms with E-state index in [1.54, 1.807) is 12.4 Å². The molecule has 1 fully saturated rings. The number of nitrogens with zero attached hydrogens (tertiary/aromatic N) is 3. The molecule has 1 N–H and O–H groups in total. The highest BCUT2D eigenvalue weighted by Gasteiger charge is 2.25. The number of hydrogen-bond acceptors (Lipinski definition) is 4. The summed E-state index contributed by atoms with van der Waals surface area (Å²) in [6, 6.07) is 0.256. The minimum Gasteiger partial charge on any atom is -0.350 e. The molecule has 0 bridgehead atoms. The van der Waals surface area contributed by atoms with Gasteiger partial charge in [0, 0.05) is 37.9 Å². The van der Waals surface area contributed by atoms with Gasteiger partial charge in [-0.25, -0.2) is 9.97 Å². The molecule has 0 radical (unpaired) electrons. The molecule has 92 valence electrons. The van der Waals surface area contributed by atoms with Gasteiger partial charge in [-0.2, -0.15) is 0 Å². The predicted octanol–water partition coefficient (Wildman–Crippen LogP) is 1.66. The van der Waals surface area contributed by atoms with Crippen molar-refractivity contribution < 1.29 is 4.79 Å². The van der Waals surface area contributed by atoms with Gasteiger partial charge in [-0.1, -0.05) is 6.92 Å². The van der Waals surface area contributed by atoms with Crippen molar-refractivity contribution in [2.45, 2.75) is 25.8 Å². The van der Waals surface area contributed by atoms with Crippen molar-refractivity contribution in [2.75, 3.05) is 18.4 Å². The third-order valence-electron chi connectivity index (χ3n) is 2.80. The van der Waals surface area contributed by atoms with E-state index in [4.69, 9.17) is 0 Å². The van der Waals surface area contributed by atoms with Crippen LogP contribution in [0.1, 0.15) is 19.8 Å². The van der Waals surface area contributed by atoms with E-state index in [1.165, 1.54) is 0 Å². The van der Waals surface area contributed by atoms with Crippen LogP contribution in [0.3, 0.4) is 0 Å². The highest BCUT2D eigenvalue weighted by molar-refractivity contribution is 9.10. The summed E-state index contributed by atoms with van der Waals surface area (Å²) in [5, 5.41) is 3.24. The Morgan fingerprint density at radius 2 is 2.29 bits per heavy atom. The Balaban J connectivity index is 1.89. The largest absolute Gasteiger partial charge is 0.350 e. The van der Waals surface area contributed by atoms with Crippen LogP contribution in [0.5, 0.6) is 0 Å². The Kier molecular flexibility index (Phi) is 3.93. The Morgan fingerprint density at radius 1 is 1.59 bits per heavy atom. The van der Waals surface area contributed by atoms with Crippen LogP contribution in [0.25, 0.3) is 0 Å². The van der Waals surface area contributed by atoms with Crippen LogP contribution in [0.2, 0.25) is 0 Å². The van der Waals surface area contributed by atoms with Crippen molar-refractivity contribution in [1.82, 2.24) is 14.9 Å². The molecule has 2 heterocycles. The van der Waals surface area contributed by atoms with E-state index >= 15 is 0 Å². The topological polar surface area (TPSA) is 58.1 Å². The minimum absolute atomic E-state index is 0.214. The lowest BCUT2D eigenvalue weighted by molar-refractivity contribution is -0.129. The molecule has 1 unspecified atom stereocenters. The van der Waals surface area contributed by atoms with Gasteiger partial charge in [0.15, 0.2) is 0 Å². The molecule has 0 aliphatic carbocycles. The maximum Gasteiger partial charge on any atom is 0.222 e. The van der Waals surface area contributed by atoms with Crippen LogP contribution in [0, 0.1) is 0 Å². The van der Waals surface area contributed by atoms with Gasteiger partial charge in [-0.05, 0) is 22.4 Å². The average molecular weight is 299 g/mol. The summed E-state index contributed by atoms with van der Waals surface area (Å²) in [5.74, 6) is 0.829. The molecular weight excluding hydrogens is 284 g/mol. The van der Waals surface area contributed by atoms with E-state index in [0.717, 1.165) is 24.0 Å². The summed E-state index contributed by atoms with van der Waals surface area (Å²) in [7, 11) is 0. The number of carbonyl (C=O) groups is 1. The van der Waals surface area contributed by atoms with E-state index < -0.39 is 0 Å². The van der Waals surface area contributed by atoms with Crippen LogP contribution in [-0.4, -0.2) is 39.9 Å². The van der Waals surface area contributed by atoms with Crippen molar-refractivity contribution in [3.8, 4) is 0 Å². The molecule has 1 aromatic rings. The predicted molar refractivity (Wildman–Crippen MR) is 68.6 cm³/mol. The molecule has 2 rings (SSSR count). The van der Waals surface area contributed by atoms with E-state index in [0.29, 0.717) is 12.4 Å². The fraction of sp³-hybridized carbons (Fsp3) is 0.545. The molecule has 5 nitrogen and oxygen atoms in total. The SMILES string of the molecule is CCC(=O)N1CCC(Nc2ncc(Br)cn2)C1. The molecule has 0 saturated carbocycles. The number of carbonyl (C=O) groups excluding carboxylic acids is 1. The smallest absolute Gasteiger partial charge is 0.222 e. The van der Waals surface area contributed by atoms with E-state index in [2.05, 4.69) is 31.2 Å². The van der Waals surface area contributed by atoms with Gasteiger partial charge < -0.3 is 10.2 Å². The third kappa shape index (κ3) is 3.15. The molecule has 1 saturated heterocycles. The van der Waals surface area contributed by atoms with E-state index in [9.17, 15) is 4.79 Å². The molecule has 1 amide bonds. The minimum atomic E-state index is 0.214. The first kappa shape index (κ1) is 12.3. The van der Waals surface area contributed by atoms with Crippen molar-refractivity contribution in [2.24, 2.45) is 0 Å². The second-order valence-corrected chi connectivity index (χ2v) is 4.96. The Bertz CT molecular complexity index is 395. The number of halogens is 1. The average Bonchev–Trinajstić information content (AvgIpc) is 2.80. The van der Waals surface area contributed by atoms with Crippen molar-refractivity contribution in [3.05, 3.63) is 16.9 Å². The van der Waals surface area contributed by atoms with Crippen molar-refractivity contribution >= 4 is 27.8 Å². The third-order valence-corrected chi connectivity index (χ3v) is 3.21. The van der Waals surface area contributed by atoms with Crippen LogP contribution in [-0.2, 0) is 4.79 Å². The standard InChI is InChI=1S/C11H15BrN4O/c1-2-10(17)16-4-3-9(7-16)15-11-13-5-8(12)6-14-11/h5-6,9H,2-4,7H2,1H3,(H,13,14,15). The highest BCUT2D eigenvalue weighted by atomic mass is 79.9. The summed E-state index contributed by atoms with van der Waals surface area (Å²) in [4.78, 5) is 21.7. The van der Waals surface area contributed by atoms with Gasteiger partial charge in [0.05, 0.1) is 4.47 Å². The van der Waals surface area contributed by atoms with Gasteiger partial charge in [0.25, 0.3) is 0 Å². The van der Waals surface area contributed by atoms with E-state index in [1.807, 2.05) is 11.8 Å². The summed E-state index contributed by atoms with van der Waals surface area (Å²) >= 11 is 3.29. The van der Waals surface area contributed by atoms with Gasteiger partial charge in [-0.3, -0.25) is 4.79 Å². The Hall–Kier alpha value is -1.17. The first-order chi connectivity index (χ1) is 8.19. The zero-order valence-corrected chi connectivity index (χ0v) is 11.3. The molecule has 1 atom stereocenters. The van der Waals surface area contributed by atoms with Crippen molar-refractivity contribution in [1.29, 1.82) is 0 Å². The van der Waals surface area contributed by atoms with Gasteiger partial charge >= 0.3 is 0 Å². The van der Waals surface area contributed by atoms with Crippen LogP contribution in [0.15, 0.2) is 16.9 Å². The fourth-order valence-electron chi connectivity index (χ4n) is 1.90. The number of rotatable bonds is 3. The lowest BCUT2D eigenvalue weighted by Crippen LogP contribution is -2.31. The molecule has 1 aliphatic heterocycles. The Labute approximate surface area is 109 Å². The first-order valence-electron chi connectivity index (χ1n) is 5.71. The maximum absolute atomic E-state index is 11.5. The molecule has 1 aliphatic rings. The van der Waals surface area contributed by atoms with E-state index in [-0.39, 0.29) is 11.9 Å². The number of amides is 1. The Morgan fingerprint density at radius 3 is 2.94 bits per heavy atom. The van der Waals surface area contributed by atoms with Gasteiger partial charge in [-0.15, -0.1) is 0 Å². The second-order valence-electron chi connectivity index (χ2n) is 4.05. The van der Waals surface area contributed by atoms with Crippen LogP contribution >= 0.6 is 15.9 Å². The van der Waals surface area contributed by atoms with Crippen molar-refractivity contribution in [3.63, 3.8) is 0 Å². The summed E-state index contributed by atoms with van der Waals surface area (Å²) in [6.07, 6.45) is 4.94. The first-order valence-corrected chi connectivity index (χ1v) is 6.50. The lowest BCUT2D eigenvalue weighted by Gasteiger charge is -2.16. The number of aromatic nitrogens is 2. The van der Waals surface area contributed by atoms with Gasteiger partial charge in [0.2, 0.25) is 11.9 Å². The number of nitrogens with one attached hydrogen (secondary N) is 1. The zero-order valence-electron chi connectivity index (χ0n) is 9.69. The molecule has 17 heavy (non-hydrogen) atoms. The molecular formula is C11H15BrN4O. The number of likely N-dealkylation sites (tertiary alicyclic amines) is 1. The highest BCUT2D eigenvalue weighted by Crippen LogP contribution is 2.14. The second kappa shape index (κ2) is 5.44. The monoisotopic (exact) mass is 298 g/mol. The summed E-state index contributed by atoms with van der Waals surface area (Å²) in [6.45, 7) is 3.45. The molecule has 1 aromatic heterocycles. The lowest BCUT2D eigenvalue weighted by atomic mass is 10.3. The maximum atomic E-state index is 11.5. The summed E-state index contributed by atoms with van der Waals surface area (Å²) < 4.78 is 0.859. The van der Waals surface area contributed by atoms with Gasteiger partial charge in [0.1, 0.15) is 0 Å². The van der Waals surface area contributed by atoms with Crippen LogP contribution in [0.4, 0.5) is 5.95 Å². The summed E-state index contributed by atoms with van der Waals surface area (Å²) in [5.41, 5.74) is 0. The number of anilines is 1. The number of hydrogen-bond donors (Lipinski definition) is 1. The quantitative estimate of drug-likeness (QED) is 0.922. The zero-order chi connectivity index (χ0) is 12.3. The molecule has 0 spiro atoms. The molecule has 0 aromatic carbocycles. The normalized spacial score (nSPS) is 19.4. The molecule has 6 heteroatoms.